The van der Waals surface area contributed by atoms with Gasteiger partial charge < -0.3 is 40.2 Å². The molecule has 13 heteroatoms. The van der Waals surface area contributed by atoms with Crippen molar-refractivity contribution < 1.29 is 19.2 Å². The van der Waals surface area contributed by atoms with Crippen LogP contribution >= 0.6 is 0 Å². The standard InChI is InChI=1S/C26H35N9O4/c27-24-22(17-30-39-18-23(36)33-13-15-38-16-14-33)25(29-19-28-24)34-9-11-35(12-10-34)26(37)31-20-3-5-21(6-4-20)32-7-1-2-8-32/h3-6,17,19H,1-2,7-16,18H2,(H,31,37)(H2,27,28,29)/b30-17+. The van der Waals surface area contributed by atoms with E-state index in [1.807, 2.05) is 17.0 Å². The fraction of sp³-hybridized carbons (Fsp3) is 0.500. The molecule has 3 aliphatic heterocycles. The number of ether oxygens (including phenoxy) is 1. The predicted octanol–water partition coefficient (Wildman–Crippen LogP) is 1.22. The van der Waals surface area contributed by atoms with Crippen LogP contribution in [0.25, 0.3) is 0 Å². The molecule has 3 fully saturated rings. The van der Waals surface area contributed by atoms with Crippen LogP contribution in [0, 0.1) is 0 Å². The second kappa shape index (κ2) is 12.6. The summed E-state index contributed by atoms with van der Waals surface area (Å²) in [6, 6.07) is 7.89. The van der Waals surface area contributed by atoms with E-state index < -0.39 is 0 Å². The third-order valence-electron chi connectivity index (χ3n) is 7.16. The third kappa shape index (κ3) is 6.66. The number of nitrogen functional groups attached to an aromatic ring is 1. The summed E-state index contributed by atoms with van der Waals surface area (Å²) >= 11 is 0. The average Bonchev–Trinajstić information content (AvgIpc) is 3.52. The number of oxime groups is 1. The second-order valence-electron chi connectivity index (χ2n) is 9.64. The number of nitrogens with one attached hydrogen (secondary N) is 1. The van der Waals surface area contributed by atoms with E-state index in [4.69, 9.17) is 15.3 Å². The first-order valence-electron chi connectivity index (χ1n) is 13.4. The molecule has 3 saturated heterocycles. The number of nitrogens with two attached hydrogens (primary N) is 1. The van der Waals surface area contributed by atoms with Crippen molar-refractivity contribution in [1.29, 1.82) is 0 Å². The Morgan fingerprint density at radius 1 is 0.949 bits per heavy atom. The number of anilines is 4. The topological polar surface area (TPSA) is 142 Å². The molecule has 0 spiro atoms. The first-order chi connectivity index (χ1) is 19.1. The van der Waals surface area contributed by atoms with Crippen molar-refractivity contribution in [2.24, 2.45) is 5.16 Å². The summed E-state index contributed by atoms with van der Waals surface area (Å²) in [5.41, 5.74) is 8.58. The van der Waals surface area contributed by atoms with Crippen molar-refractivity contribution in [2.45, 2.75) is 12.8 Å². The maximum absolute atomic E-state index is 12.9. The molecule has 3 amide bonds. The highest BCUT2D eigenvalue weighted by atomic mass is 16.6. The van der Waals surface area contributed by atoms with Crippen molar-refractivity contribution in [3.05, 3.63) is 36.2 Å². The van der Waals surface area contributed by atoms with Gasteiger partial charge in [0.1, 0.15) is 18.0 Å². The number of piperazine rings is 1. The fourth-order valence-electron chi connectivity index (χ4n) is 4.92. The average molecular weight is 538 g/mol. The zero-order chi connectivity index (χ0) is 27.0. The highest BCUT2D eigenvalue weighted by molar-refractivity contribution is 5.92. The van der Waals surface area contributed by atoms with Gasteiger partial charge in [-0.1, -0.05) is 5.16 Å². The van der Waals surface area contributed by atoms with Crippen molar-refractivity contribution in [1.82, 2.24) is 19.8 Å². The van der Waals surface area contributed by atoms with Gasteiger partial charge in [-0.2, -0.15) is 0 Å². The fourth-order valence-corrected chi connectivity index (χ4v) is 4.92. The van der Waals surface area contributed by atoms with E-state index >= 15 is 0 Å². The summed E-state index contributed by atoms with van der Waals surface area (Å²) in [7, 11) is 0. The molecule has 1 aromatic carbocycles. The lowest BCUT2D eigenvalue weighted by molar-refractivity contribution is -0.140. The molecule has 1 aromatic heterocycles. The highest BCUT2D eigenvalue weighted by Gasteiger charge is 2.24. The molecule has 0 bridgehead atoms. The normalized spacial score (nSPS) is 18.1. The van der Waals surface area contributed by atoms with Crippen LogP contribution in [0.2, 0.25) is 0 Å². The molecule has 3 aliphatic rings. The van der Waals surface area contributed by atoms with Crippen molar-refractivity contribution in [3.63, 3.8) is 0 Å². The van der Waals surface area contributed by atoms with E-state index in [0.29, 0.717) is 63.9 Å². The largest absolute Gasteiger partial charge is 0.386 e. The number of amides is 3. The molecule has 0 unspecified atom stereocenters. The molecule has 0 radical (unpaired) electrons. The molecule has 0 aliphatic carbocycles. The quantitative estimate of drug-likeness (QED) is 0.394. The Bertz CT molecular complexity index is 1160. The summed E-state index contributed by atoms with van der Waals surface area (Å²) < 4.78 is 5.26. The molecule has 208 valence electrons. The lowest BCUT2D eigenvalue weighted by Crippen LogP contribution is -2.50. The van der Waals surface area contributed by atoms with E-state index in [-0.39, 0.29) is 24.4 Å². The monoisotopic (exact) mass is 537 g/mol. The Kier molecular flexibility index (Phi) is 8.56. The third-order valence-corrected chi connectivity index (χ3v) is 7.16. The minimum absolute atomic E-state index is 0.133. The minimum Gasteiger partial charge on any atom is -0.386 e. The molecule has 4 heterocycles. The number of benzene rings is 1. The van der Waals surface area contributed by atoms with E-state index in [9.17, 15) is 9.59 Å². The van der Waals surface area contributed by atoms with Crippen LogP contribution in [0.15, 0.2) is 35.7 Å². The van der Waals surface area contributed by atoms with Gasteiger partial charge in [0, 0.05) is 63.7 Å². The van der Waals surface area contributed by atoms with Gasteiger partial charge in [0.2, 0.25) is 0 Å². The van der Waals surface area contributed by atoms with Gasteiger partial charge in [-0.05, 0) is 37.1 Å². The van der Waals surface area contributed by atoms with Crippen molar-refractivity contribution in [3.8, 4) is 0 Å². The Hall–Kier alpha value is -4.13. The minimum atomic E-state index is -0.172. The molecular formula is C26H35N9O4. The number of urea groups is 1. The van der Waals surface area contributed by atoms with Gasteiger partial charge in [-0.15, -0.1) is 0 Å². The van der Waals surface area contributed by atoms with Gasteiger partial charge in [0.05, 0.1) is 25.0 Å². The number of rotatable bonds is 7. The maximum atomic E-state index is 12.9. The highest BCUT2D eigenvalue weighted by Crippen LogP contribution is 2.23. The van der Waals surface area contributed by atoms with E-state index in [0.717, 1.165) is 18.8 Å². The Morgan fingerprint density at radius 2 is 1.67 bits per heavy atom. The van der Waals surface area contributed by atoms with E-state index in [2.05, 4.69) is 37.5 Å². The number of hydrogen-bond acceptors (Lipinski definition) is 10. The molecule has 39 heavy (non-hydrogen) atoms. The predicted molar refractivity (Wildman–Crippen MR) is 148 cm³/mol. The number of nitrogens with zero attached hydrogens (tertiary/aromatic N) is 7. The molecule has 2 aromatic rings. The number of carbonyl (C=O) groups excluding carboxylic acids is 2. The zero-order valence-corrected chi connectivity index (χ0v) is 22.0. The first kappa shape index (κ1) is 26.5. The molecular weight excluding hydrogens is 502 g/mol. The molecule has 3 N–H and O–H groups in total. The zero-order valence-electron chi connectivity index (χ0n) is 22.0. The Labute approximate surface area is 227 Å². The molecule has 0 saturated carbocycles. The van der Waals surface area contributed by atoms with Gasteiger partial charge in [0.25, 0.3) is 5.91 Å². The molecule has 5 rings (SSSR count). The van der Waals surface area contributed by atoms with Crippen LogP contribution in [0.1, 0.15) is 18.4 Å². The summed E-state index contributed by atoms with van der Waals surface area (Å²) in [6.07, 6.45) is 5.28. The van der Waals surface area contributed by atoms with Crippen LogP contribution < -0.4 is 20.9 Å². The van der Waals surface area contributed by atoms with Crippen LogP contribution in [0.3, 0.4) is 0 Å². The van der Waals surface area contributed by atoms with Crippen molar-refractivity contribution >= 4 is 41.2 Å². The summed E-state index contributed by atoms with van der Waals surface area (Å²) in [6.45, 7) is 6.30. The molecule has 13 nitrogen and oxygen atoms in total. The lowest BCUT2D eigenvalue weighted by Gasteiger charge is -2.35. The van der Waals surface area contributed by atoms with Gasteiger partial charge >= 0.3 is 6.03 Å². The van der Waals surface area contributed by atoms with Gasteiger partial charge in [-0.25, -0.2) is 14.8 Å². The van der Waals surface area contributed by atoms with Gasteiger partial charge in [0.15, 0.2) is 6.61 Å². The van der Waals surface area contributed by atoms with Crippen molar-refractivity contribution in [2.75, 3.05) is 93.0 Å². The summed E-state index contributed by atoms with van der Waals surface area (Å²) in [4.78, 5) is 46.7. The Morgan fingerprint density at radius 3 is 2.38 bits per heavy atom. The Balaban J connectivity index is 1.12. The van der Waals surface area contributed by atoms with E-state index in [1.54, 1.807) is 9.80 Å². The van der Waals surface area contributed by atoms with Crippen LogP contribution in [0.4, 0.5) is 27.8 Å². The number of hydrogen-bond donors (Lipinski definition) is 2. The van der Waals surface area contributed by atoms with Gasteiger partial charge in [-0.3, -0.25) is 4.79 Å². The smallest absolute Gasteiger partial charge is 0.321 e. The first-order valence-corrected chi connectivity index (χ1v) is 13.4. The van der Waals surface area contributed by atoms with Crippen LogP contribution in [-0.4, -0.2) is 110 Å². The maximum Gasteiger partial charge on any atom is 0.321 e. The van der Waals surface area contributed by atoms with Crippen LogP contribution in [-0.2, 0) is 14.4 Å². The van der Waals surface area contributed by atoms with Crippen LogP contribution in [0.5, 0.6) is 0 Å². The summed E-state index contributed by atoms with van der Waals surface area (Å²) in [5.74, 6) is 0.709. The van der Waals surface area contributed by atoms with E-state index in [1.165, 1.54) is 31.1 Å². The number of carbonyl (C=O) groups is 2. The number of aromatic nitrogens is 2. The summed E-state index contributed by atoms with van der Waals surface area (Å²) in [5, 5.41) is 6.95. The molecule has 0 atom stereocenters. The number of morpholine rings is 1. The SMILES string of the molecule is Nc1ncnc(N2CCN(C(=O)Nc3ccc(N4CCCC4)cc3)CC2)c1/C=N/OCC(=O)N1CCOCC1. The second-order valence-corrected chi connectivity index (χ2v) is 9.64. The lowest BCUT2D eigenvalue weighted by atomic mass is 10.2.